The van der Waals surface area contributed by atoms with Gasteiger partial charge in [0.2, 0.25) is 0 Å². The highest BCUT2D eigenvalue weighted by Gasteiger charge is 2.36. The fourth-order valence-electron chi connectivity index (χ4n) is 2.45. The minimum atomic E-state index is -0.646. The molecule has 0 aliphatic rings. The Balaban J connectivity index is 4.82. The summed E-state index contributed by atoms with van der Waals surface area (Å²) in [6.07, 6.45) is 1.69. The molecule has 0 aliphatic heterocycles. The predicted molar refractivity (Wildman–Crippen MR) is 86.5 cm³/mol. The van der Waals surface area contributed by atoms with Crippen molar-refractivity contribution in [3.8, 4) is 0 Å². The molecule has 0 heterocycles. The van der Waals surface area contributed by atoms with E-state index in [0.29, 0.717) is 25.7 Å². The van der Waals surface area contributed by atoms with Gasteiger partial charge in [0.15, 0.2) is 0 Å². The molecular formula is C16H34N2O3. The summed E-state index contributed by atoms with van der Waals surface area (Å²) in [5.74, 6) is -0.168. The van der Waals surface area contributed by atoms with Crippen LogP contribution in [0.4, 0.5) is 0 Å². The van der Waals surface area contributed by atoms with Crippen LogP contribution in [-0.4, -0.2) is 62.4 Å². The van der Waals surface area contributed by atoms with E-state index < -0.39 is 5.54 Å². The molecule has 0 amide bonds. The predicted octanol–water partition coefficient (Wildman–Crippen LogP) is 2.05. The molecule has 0 aromatic carbocycles. The minimum Gasteiger partial charge on any atom is -0.465 e. The van der Waals surface area contributed by atoms with E-state index in [1.165, 1.54) is 0 Å². The van der Waals surface area contributed by atoms with Gasteiger partial charge >= 0.3 is 5.97 Å². The molecule has 21 heavy (non-hydrogen) atoms. The maximum Gasteiger partial charge on any atom is 0.326 e. The van der Waals surface area contributed by atoms with Crippen LogP contribution in [0, 0.1) is 0 Å². The number of hydrogen-bond donors (Lipinski definition) is 1. The van der Waals surface area contributed by atoms with Gasteiger partial charge in [-0.15, -0.1) is 0 Å². The van der Waals surface area contributed by atoms with Crippen LogP contribution in [0.1, 0.15) is 47.5 Å². The number of carbonyl (C=O) groups excluding carboxylic acids is 1. The molecule has 0 aromatic rings. The topological polar surface area (TPSA) is 50.8 Å². The third-order valence-corrected chi connectivity index (χ3v) is 3.99. The fraction of sp³-hybridized carbons (Fsp3) is 0.938. The van der Waals surface area contributed by atoms with Crippen LogP contribution in [-0.2, 0) is 14.3 Å². The van der Waals surface area contributed by atoms with Crippen molar-refractivity contribution in [3.05, 3.63) is 0 Å². The maximum atomic E-state index is 12.3. The average molecular weight is 302 g/mol. The third-order valence-electron chi connectivity index (χ3n) is 3.99. The second-order valence-corrected chi connectivity index (χ2v) is 6.00. The molecular weight excluding hydrogens is 268 g/mol. The van der Waals surface area contributed by atoms with Crippen molar-refractivity contribution < 1.29 is 14.3 Å². The fourth-order valence-corrected chi connectivity index (χ4v) is 2.45. The van der Waals surface area contributed by atoms with Gasteiger partial charge < -0.3 is 14.8 Å². The van der Waals surface area contributed by atoms with E-state index in [1.807, 2.05) is 13.8 Å². The van der Waals surface area contributed by atoms with Gasteiger partial charge in [-0.3, -0.25) is 9.69 Å². The van der Waals surface area contributed by atoms with E-state index in [1.54, 1.807) is 7.11 Å². The van der Waals surface area contributed by atoms with Crippen molar-refractivity contribution in [1.29, 1.82) is 0 Å². The van der Waals surface area contributed by atoms with Gasteiger partial charge in [-0.2, -0.15) is 0 Å². The molecule has 0 spiro atoms. The molecule has 0 bridgehead atoms. The number of carbonyl (C=O) groups is 1. The van der Waals surface area contributed by atoms with Crippen molar-refractivity contribution in [1.82, 2.24) is 10.2 Å². The van der Waals surface area contributed by atoms with E-state index in [0.717, 1.165) is 13.0 Å². The second kappa shape index (κ2) is 10.1. The largest absolute Gasteiger partial charge is 0.465 e. The number of nitrogens with zero attached hydrogens (tertiary/aromatic N) is 1. The summed E-state index contributed by atoms with van der Waals surface area (Å²) in [4.78, 5) is 14.5. The molecule has 0 aromatic heterocycles. The summed E-state index contributed by atoms with van der Waals surface area (Å²) < 4.78 is 10.5. The van der Waals surface area contributed by atoms with Gasteiger partial charge in [0.05, 0.1) is 13.2 Å². The Kier molecular flexibility index (Phi) is 9.83. The van der Waals surface area contributed by atoms with Crippen LogP contribution in [0.15, 0.2) is 0 Å². The summed E-state index contributed by atoms with van der Waals surface area (Å²) in [5.41, 5.74) is -0.646. The van der Waals surface area contributed by atoms with Crippen molar-refractivity contribution in [2.45, 2.75) is 65.1 Å². The Labute approximate surface area is 130 Å². The highest BCUT2D eigenvalue weighted by Crippen LogP contribution is 2.19. The van der Waals surface area contributed by atoms with E-state index >= 15 is 0 Å². The standard InChI is InChI=1S/C16H34N2O3/c1-8-10-17-16(5,15(19)21-9-2)11-13(3)18(6)14(4)12-20-7/h13-14,17H,8-12H2,1-7H3. The normalized spacial score (nSPS) is 17.3. The monoisotopic (exact) mass is 302 g/mol. The van der Waals surface area contributed by atoms with Crippen LogP contribution < -0.4 is 5.32 Å². The summed E-state index contributed by atoms with van der Waals surface area (Å²) in [6.45, 7) is 12.0. The van der Waals surface area contributed by atoms with Crippen LogP contribution in [0.5, 0.6) is 0 Å². The smallest absolute Gasteiger partial charge is 0.326 e. The molecule has 0 fully saturated rings. The summed E-state index contributed by atoms with van der Waals surface area (Å²) in [7, 11) is 3.78. The van der Waals surface area contributed by atoms with E-state index in [4.69, 9.17) is 9.47 Å². The zero-order chi connectivity index (χ0) is 16.5. The molecule has 0 aliphatic carbocycles. The Morgan fingerprint density at radius 3 is 2.38 bits per heavy atom. The Bertz CT molecular complexity index is 299. The Hall–Kier alpha value is -0.650. The van der Waals surface area contributed by atoms with Crippen LogP contribution >= 0.6 is 0 Å². The molecule has 3 unspecified atom stereocenters. The summed E-state index contributed by atoms with van der Waals surface area (Å²) in [6, 6.07) is 0.552. The average Bonchev–Trinajstić information content (AvgIpc) is 2.44. The Morgan fingerprint density at radius 1 is 1.29 bits per heavy atom. The quantitative estimate of drug-likeness (QED) is 0.592. The van der Waals surface area contributed by atoms with Crippen LogP contribution in [0.2, 0.25) is 0 Å². The van der Waals surface area contributed by atoms with E-state index in [2.05, 4.69) is 38.0 Å². The Morgan fingerprint density at radius 2 is 1.90 bits per heavy atom. The number of nitrogens with one attached hydrogen (secondary N) is 1. The van der Waals surface area contributed by atoms with Gasteiger partial charge in [0, 0.05) is 19.2 Å². The zero-order valence-corrected chi connectivity index (χ0v) is 14.9. The van der Waals surface area contributed by atoms with Crippen molar-refractivity contribution in [3.63, 3.8) is 0 Å². The molecule has 3 atom stereocenters. The number of esters is 1. The van der Waals surface area contributed by atoms with Crippen LogP contribution in [0.25, 0.3) is 0 Å². The lowest BCUT2D eigenvalue weighted by Crippen LogP contribution is -2.55. The summed E-state index contributed by atoms with van der Waals surface area (Å²) >= 11 is 0. The number of rotatable bonds is 11. The molecule has 1 N–H and O–H groups in total. The number of methoxy groups -OCH3 is 1. The van der Waals surface area contributed by atoms with Crippen molar-refractivity contribution in [2.75, 3.05) is 33.9 Å². The summed E-state index contributed by atoms with van der Waals surface area (Å²) in [5, 5.41) is 3.35. The lowest BCUT2D eigenvalue weighted by molar-refractivity contribution is -0.151. The first-order valence-electron chi connectivity index (χ1n) is 7.95. The SMILES string of the molecule is CCCNC(C)(CC(C)N(C)C(C)COC)C(=O)OCC. The van der Waals surface area contributed by atoms with Crippen LogP contribution in [0.3, 0.4) is 0 Å². The van der Waals surface area contributed by atoms with Gasteiger partial charge in [-0.1, -0.05) is 6.92 Å². The van der Waals surface area contributed by atoms with Gasteiger partial charge in [-0.05, 0) is 54.1 Å². The molecule has 0 saturated carbocycles. The van der Waals surface area contributed by atoms with E-state index in [9.17, 15) is 4.79 Å². The number of likely N-dealkylation sites (N-methyl/N-ethyl adjacent to an activating group) is 1. The van der Waals surface area contributed by atoms with Crippen molar-refractivity contribution >= 4 is 5.97 Å². The van der Waals surface area contributed by atoms with Crippen molar-refractivity contribution in [2.24, 2.45) is 0 Å². The minimum absolute atomic E-state index is 0.168. The first kappa shape index (κ1) is 20.3. The molecule has 0 radical (unpaired) electrons. The first-order valence-corrected chi connectivity index (χ1v) is 7.95. The number of ether oxygens (including phenoxy) is 2. The first-order chi connectivity index (χ1) is 9.82. The second-order valence-electron chi connectivity index (χ2n) is 6.00. The third kappa shape index (κ3) is 6.76. The zero-order valence-electron chi connectivity index (χ0n) is 14.9. The van der Waals surface area contributed by atoms with Gasteiger partial charge in [0.1, 0.15) is 5.54 Å². The molecule has 5 heteroatoms. The van der Waals surface area contributed by atoms with Gasteiger partial charge in [-0.25, -0.2) is 0 Å². The molecule has 0 rings (SSSR count). The maximum absolute atomic E-state index is 12.3. The lowest BCUT2D eigenvalue weighted by Gasteiger charge is -2.37. The molecule has 126 valence electrons. The lowest BCUT2D eigenvalue weighted by atomic mass is 9.92. The molecule has 0 saturated heterocycles. The van der Waals surface area contributed by atoms with Gasteiger partial charge in [0.25, 0.3) is 0 Å². The van der Waals surface area contributed by atoms with E-state index in [-0.39, 0.29) is 12.0 Å². The highest BCUT2D eigenvalue weighted by atomic mass is 16.5. The molecule has 5 nitrogen and oxygen atoms in total. The highest BCUT2D eigenvalue weighted by molar-refractivity contribution is 5.80. The number of hydrogen-bond acceptors (Lipinski definition) is 5.